The van der Waals surface area contributed by atoms with Crippen LogP contribution in [0.25, 0.3) is 0 Å². The normalized spacial score (nSPS) is 34.1. The lowest BCUT2D eigenvalue weighted by molar-refractivity contribution is 0.140. The number of rotatable bonds is 3. The Balaban J connectivity index is 1.95. The van der Waals surface area contributed by atoms with Crippen LogP contribution in [0.3, 0.4) is 0 Å². The van der Waals surface area contributed by atoms with Crippen molar-refractivity contribution >= 4 is 0 Å². The van der Waals surface area contributed by atoms with Gasteiger partial charge >= 0.3 is 0 Å². The second kappa shape index (κ2) is 6.02. The van der Waals surface area contributed by atoms with Crippen molar-refractivity contribution in [2.75, 3.05) is 13.1 Å². The molecule has 2 nitrogen and oxygen atoms in total. The fourth-order valence-corrected chi connectivity index (χ4v) is 3.45. The van der Waals surface area contributed by atoms with Crippen molar-refractivity contribution in [1.29, 1.82) is 0 Å². The molecule has 2 unspecified atom stereocenters. The standard InChI is InChI=1S/C14H28N2/c1-3-6-13-11-16(12(2)9-10-15-13)14-7-4-5-8-14/h12-15H,3-11H2,1-2H3. The molecule has 1 saturated heterocycles. The highest BCUT2D eigenvalue weighted by molar-refractivity contribution is 4.87. The van der Waals surface area contributed by atoms with Gasteiger partial charge in [0.15, 0.2) is 0 Å². The summed E-state index contributed by atoms with van der Waals surface area (Å²) in [7, 11) is 0. The molecule has 0 radical (unpaired) electrons. The lowest BCUT2D eigenvalue weighted by atomic mass is 10.1. The Morgan fingerprint density at radius 2 is 1.94 bits per heavy atom. The monoisotopic (exact) mass is 224 g/mol. The van der Waals surface area contributed by atoms with Crippen LogP contribution in [0.4, 0.5) is 0 Å². The molecule has 0 aromatic carbocycles. The number of hydrogen-bond donors (Lipinski definition) is 1. The van der Waals surface area contributed by atoms with Crippen LogP contribution in [0, 0.1) is 0 Å². The summed E-state index contributed by atoms with van der Waals surface area (Å²) in [5.41, 5.74) is 0. The van der Waals surface area contributed by atoms with E-state index < -0.39 is 0 Å². The van der Waals surface area contributed by atoms with Crippen LogP contribution >= 0.6 is 0 Å². The SMILES string of the molecule is CCCC1CN(C2CCCC2)C(C)CCN1. The molecule has 1 saturated carbocycles. The predicted molar refractivity (Wildman–Crippen MR) is 69.7 cm³/mol. The average Bonchev–Trinajstić information content (AvgIpc) is 2.72. The van der Waals surface area contributed by atoms with E-state index in [4.69, 9.17) is 0 Å². The zero-order valence-corrected chi connectivity index (χ0v) is 11.0. The highest BCUT2D eigenvalue weighted by Crippen LogP contribution is 2.27. The van der Waals surface area contributed by atoms with Crippen molar-refractivity contribution in [3.8, 4) is 0 Å². The summed E-state index contributed by atoms with van der Waals surface area (Å²) in [5, 5.41) is 3.72. The molecule has 1 aliphatic heterocycles. The third kappa shape index (κ3) is 2.98. The molecule has 1 N–H and O–H groups in total. The molecule has 0 bridgehead atoms. The van der Waals surface area contributed by atoms with Crippen LogP contribution < -0.4 is 5.32 Å². The van der Waals surface area contributed by atoms with Crippen molar-refractivity contribution in [3.63, 3.8) is 0 Å². The Kier molecular flexibility index (Phi) is 4.66. The molecule has 2 fully saturated rings. The van der Waals surface area contributed by atoms with Gasteiger partial charge in [0.25, 0.3) is 0 Å². The molecule has 2 aliphatic rings. The maximum Gasteiger partial charge on any atom is 0.0195 e. The maximum atomic E-state index is 3.72. The molecule has 1 aliphatic carbocycles. The van der Waals surface area contributed by atoms with Gasteiger partial charge < -0.3 is 5.32 Å². The minimum atomic E-state index is 0.746. The van der Waals surface area contributed by atoms with E-state index in [9.17, 15) is 0 Å². The third-order valence-corrected chi connectivity index (χ3v) is 4.42. The molecule has 0 spiro atoms. The Labute approximate surface area is 101 Å². The second-order valence-electron chi connectivity index (χ2n) is 5.71. The van der Waals surface area contributed by atoms with Crippen LogP contribution in [-0.4, -0.2) is 36.1 Å². The summed E-state index contributed by atoms with van der Waals surface area (Å²) in [5.74, 6) is 0. The summed E-state index contributed by atoms with van der Waals surface area (Å²) in [6.45, 7) is 7.24. The summed E-state index contributed by atoms with van der Waals surface area (Å²) in [6, 6.07) is 2.43. The lowest BCUT2D eigenvalue weighted by Crippen LogP contribution is -2.44. The molecule has 2 atom stereocenters. The topological polar surface area (TPSA) is 15.3 Å². The van der Waals surface area contributed by atoms with Crippen LogP contribution in [0.2, 0.25) is 0 Å². The van der Waals surface area contributed by atoms with E-state index in [0.717, 1.165) is 18.1 Å². The number of hydrogen-bond acceptors (Lipinski definition) is 2. The van der Waals surface area contributed by atoms with Crippen molar-refractivity contribution in [2.24, 2.45) is 0 Å². The van der Waals surface area contributed by atoms with E-state index in [2.05, 4.69) is 24.1 Å². The van der Waals surface area contributed by atoms with Gasteiger partial charge in [-0.25, -0.2) is 0 Å². The van der Waals surface area contributed by atoms with E-state index in [0.29, 0.717) is 0 Å². The fourth-order valence-electron chi connectivity index (χ4n) is 3.45. The van der Waals surface area contributed by atoms with Crippen LogP contribution in [-0.2, 0) is 0 Å². The summed E-state index contributed by atoms with van der Waals surface area (Å²) < 4.78 is 0. The Hall–Kier alpha value is -0.0800. The van der Waals surface area contributed by atoms with Gasteiger partial charge in [-0.2, -0.15) is 0 Å². The third-order valence-electron chi connectivity index (χ3n) is 4.42. The molecule has 0 amide bonds. The number of nitrogens with zero attached hydrogens (tertiary/aromatic N) is 1. The van der Waals surface area contributed by atoms with Crippen LogP contribution in [0.5, 0.6) is 0 Å². The predicted octanol–water partition coefficient (Wildman–Crippen LogP) is 2.78. The first-order valence-electron chi connectivity index (χ1n) is 7.30. The van der Waals surface area contributed by atoms with Gasteiger partial charge in [-0.3, -0.25) is 4.90 Å². The van der Waals surface area contributed by atoms with Gasteiger partial charge in [-0.15, -0.1) is 0 Å². The molecule has 0 aromatic rings. The van der Waals surface area contributed by atoms with Gasteiger partial charge in [0.1, 0.15) is 0 Å². The van der Waals surface area contributed by atoms with Crippen molar-refractivity contribution in [2.45, 2.75) is 76.9 Å². The molecule has 2 rings (SSSR count). The van der Waals surface area contributed by atoms with Crippen molar-refractivity contribution in [1.82, 2.24) is 10.2 Å². The van der Waals surface area contributed by atoms with Gasteiger partial charge in [-0.1, -0.05) is 26.2 Å². The fraction of sp³-hybridized carbons (Fsp3) is 1.00. The van der Waals surface area contributed by atoms with Crippen LogP contribution in [0.1, 0.15) is 58.8 Å². The summed E-state index contributed by atoms with van der Waals surface area (Å²) in [4.78, 5) is 2.81. The van der Waals surface area contributed by atoms with E-state index in [1.807, 2.05) is 0 Å². The van der Waals surface area contributed by atoms with E-state index in [-0.39, 0.29) is 0 Å². The van der Waals surface area contributed by atoms with E-state index in [1.54, 1.807) is 0 Å². The molecule has 0 aromatic heterocycles. The van der Waals surface area contributed by atoms with E-state index >= 15 is 0 Å². The summed E-state index contributed by atoms with van der Waals surface area (Å²) in [6.07, 6.45) is 9.79. The van der Waals surface area contributed by atoms with Crippen molar-refractivity contribution < 1.29 is 0 Å². The Bertz CT molecular complexity index is 199. The first-order chi connectivity index (χ1) is 7.81. The quantitative estimate of drug-likeness (QED) is 0.793. The van der Waals surface area contributed by atoms with Gasteiger partial charge in [0.05, 0.1) is 0 Å². The first-order valence-corrected chi connectivity index (χ1v) is 7.30. The van der Waals surface area contributed by atoms with Crippen LogP contribution in [0.15, 0.2) is 0 Å². The largest absolute Gasteiger partial charge is 0.313 e. The molecule has 16 heavy (non-hydrogen) atoms. The van der Waals surface area contributed by atoms with Gasteiger partial charge in [0.2, 0.25) is 0 Å². The van der Waals surface area contributed by atoms with Gasteiger partial charge in [0, 0.05) is 24.7 Å². The zero-order valence-electron chi connectivity index (χ0n) is 11.0. The van der Waals surface area contributed by atoms with Crippen molar-refractivity contribution in [3.05, 3.63) is 0 Å². The minimum Gasteiger partial charge on any atom is -0.313 e. The molecular weight excluding hydrogens is 196 g/mol. The highest BCUT2D eigenvalue weighted by Gasteiger charge is 2.29. The average molecular weight is 224 g/mol. The smallest absolute Gasteiger partial charge is 0.0195 e. The first kappa shape index (κ1) is 12.4. The molecule has 1 heterocycles. The highest BCUT2D eigenvalue weighted by atomic mass is 15.2. The zero-order chi connectivity index (χ0) is 11.4. The van der Waals surface area contributed by atoms with E-state index in [1.165, 1.54) is 58.0 Å². The Morgan fingerprint density at radius 3 is 2.62 bits per heavy atom. The lowest BCUT2D eigenvalue weighted by Gasteiger charge is -2.34. The van der Waals surface area contributed by atoms with Gasteiger partial charge in [-0.05, 0) is 39.2 Å². The Morgan fingerprint density at radius 1 is 1.19 bits per heavy atom. The molecule has 94 valence electrons. The second-order valence-corrected chi connectivity index (χ2v) is 5.71. The number of nitrogens with one attached hydrogen (secondary N) is 1. The minimum absolute atomic E-state index is 0.746. The summed E-state index contributed by atoms with van der Waals surface area (Å²) >= 11 is 0. The maximum absolute atomic E-state index is 3.72. The molecule has 2 heteroatoms. The molecular formula is C14H28N2.